The maximum Gasteiger partial charge on any atom is 0.436 e. The minimum atomic E-state index is -4.13. The molecular weight excluding hydrogens is 202 g/mol. The fourth-order valence-electron chi connectivity index (χ4n) is 1.13. The van der Waals surface area contributed by atoms with Gasteiger partial charge in [0.05, 0.1) is 0 Å². The number of nitrogens with one attached hydrogen (secondary N) is 1. The summed E-state index contributed by atoms with van der Waals surface area (Å²) in [5.41, 5.74) is 0.495. The van der Waals surface area contributed by atoms with E-state index in [1.54, 1.807) is 30.3 Å². The van der Waals surface area contributed by atoms with Crippen LogP contribution in [-0.4, -0.2) is 19.5 Å². The number of para-hydroxylation sites is 1. The zero-order chi connectivity index (χ0) is 10.6. The van der Waals surface area contributed by atoms with Gasteiger partial charge in [0.1, 0.15) is 12.2 Å². The van der Waals surface area contributed by atoms with Crippen LogP contribution in [0.25, 0.3) is 0 Å². The van der Waals surface area contributed by atoms with Crippen LogP contribution in [0.4, 0.5) is 5.69 Å². The number of rotatable bonds is 4. The summed E-state index contributed by atoms with van der Waals surface area (Å²) in [5.74, 6) is 0. The van der Waals surface area contributed by atoms with E-state index in [0.29, 0.717) is 5.69 Å². The SMILES string of the molecule is C=CC[NH+](c1ccccc1)S(=O)(=O)O. The Morgan fingerprint density at radius 1 is 1.36 bits per heavy atom. The molecule has 0 aromatic heterocycles. The van der Waals surface area contributed by atoms with Crippen LogP contribution >= 0.6 is 0 Å². The second-order valence-corrected chi connectivity index (χ2v) is 4.20. The molecule has 0 spiro atoms. The molecule has 0 radical (unpaired) electrons. The molecule has 0 saturated carbocycles. The number of hydrogen-bond acceptors (Lipinski definition) is 2. The molecule has 1 unspecified atom stereocenters. The molecule has 1 aromatic carbocycles. The van der Waals surface area contributed by atoms with Crippen LogP contribution in [0.5, 0.6) is 0 Å². The number of quaternary nitrogens is 1. The summed E-state index contributed by atoms with van der Waals surface area (Å²) in [6.07, 6.45) is 1.44. The molecule has 0 aliphatic rings. The van der Waals surface area contributed by atoms with Crippen LogP contribution in [0.2, 0.25) is 0 Å². The average molecular weight is 214 g/mol. The van der Waals surface area contributed by atoms with E-state index in [-0.39, 0.29) is 10.8 Å². The molecule has 0 fully saturated rings. The van der Waals surface area contributed by atoms with Crippen LogP contribution in [0.3, 0.4) is 0 Å². The summed E-state index contributed by atoms with van der Waals surface area (Å²) in [4.78, 5) is 0. The molecule has 2 N–H and O–H groups in total. The van der Waals surface area contributed by atoms with Crippen molar-refractivity contribution in [3.05, 3.63) is 43.0 Å². The number of hydrogen-bond donors (Lipinski definition) is 2. The summed E-state index contributed by atoms with van der Waals surface area (Å²) < 4.78 is 30.9. The Hall–Kier alpha value is -1.17. The van der Waals surface area contributed by atoms with Crippen molar-refractivity contribution in [2.45, 2.75) is 0 Å². The van der Waals surface area contributed by atoms with Crippen LogP contribution in [0.15, 0.2) is 43.0 Å². The van der Waals surface area contributed by atoms with E-state index in [9.17, 15) is 8.42 Å². The van der Waals surface area contributed by atoms with Gasteiger partial charge in [0.2, 0.25) is 0 Å². The summed E-state index contributed by atoms with van der Waals surface area (Å²) >= 11 is 0. The first-order valence-electron chi connectivity index (χ1n) is 4.05. The van der Waals surface area contributed by atoms with Gasteiger partial charge in [-0.05, 0) is 6.08 Å². The van der Waals surface area contributed by atoms with Crippen LogP contribution in [0.1, 0.15) is 0 Å². The minimum absolute atomic E-state index is 0.0203. The molecule has 0 saturated heterocycles. The average Bonchev–Trinajstić information content (AvgIpc) is 2.14. The van der Waals surface area contributed by atoms with Crippen molar-refractivity contribution >= 4 is 16.0 Å². The lowest BCUT2D eigenvalue weighted by Gasteiger charge is -2.11. The molecule has 1 rings (SSSR count). The second-order valence-electron chi connectivity index (χ2n) is 2.76. The molecule has 1 aromatic rings. The quantitative estimate of drug-likeness (QED) is 0.555. The van der Waals surface area contributed by atoms with Gasteiger partial charge in [-0.15, -0.1) is 8.42 Å². The fourth-order valence-corrected chi connectivity index (χ4v) is 1.89. The fraction of sp³-hybridized carbons (Fsp3) is 0.111. The van der Waals surface area contributed by atoms with Gasteiger partial charge in [-0.3, -0.25) is 0 Å². The van der Waals surface area contributed by atoms with E-state index in [4.69, 9.17) is 4.55 Å². The second kappa shape index (κ2) is 4.36. The highest BCUT2D eigenvalue weighted by Gasteiger charge is 2.23. The van der Waals surface area contributed by atoms with Gasteiger partial charge >= 0.3 is 10.3 Å². The van der Waals surface area contributed by atoms with E-state index in [0.717, 1.165) is 0 Å². The van der Waals surface area contributed by atoms with E-state index in [1.165, 1.54) is 6.08 Å². The molecule has 0 aliphatic carbocycles. The maximum absolute atomic E-state index is 11.0. The standard InChI is InChI=1S/C9H11NO3S/c1-2-8-10(14(11,12)13)9-6-4-3-5-7-9/h2-7H,1,8H2,(H,11,12,13)/p+1. The first-order chi connectivity index (χ1) is 6.55. The Morgan fingerprint density at radius 2 is 1.93 bits per heavy atom. The largest absolute Gasteiger partial charge is 0.436 e. The molecule has 0 heterocycles. The van der Waals surface area contributed by atoms with Gasteiger partial charge in [-0.1, -0.05) is 24.8 Å². The highest BCUT2D eigenvalue weighted by atomic mass is 32.2. The minimum Gasteiger partial charge on any atom is -0.241 e. The van der Waals surface area contributed by atoms with Crippen molar-refractivity contribution in [2.24, 2.45) is 0 Å². The molecule has 0 aliphatic heterocycles. The third-order valence-corrected chi connectivity index (χ3v) is 2.76. The first kappa shape index (κ1) is 10.9. The highest BCUT2D eigenvalue weighted by molar-refractivity contribution is 7.79. The lowest BCUT2D eigenvalue weighted by atomic mass is 10.3. The normalized spacial score (nSPS) is 13.5. The molecule has 14 heavy (non-hydrogen) atoms. The number of benzene rings is 1. The molecule has 0 amide bonds. The zero-order valence-corrected chi connectivity index (χ0v) is 8.37. The van der Waals surface area contributed by atoms with Gasteiger partial charge in [-0.25, -0.2) is 4.55 Å². The van der Waals surface area contributed by atoms with Gasteiger partial charge < -0.3 is 0 Å². The third-order valence-electron chi connectivity index (χ3n) is 1.74. The molecule has 76 valence electrons. The predicted molar refractivity (Wildman–Crippen MR) is 53.7 cm³/mol. The Kier molecular flexibility index (Phi) is 3.40. The van der Waals surface area contributed by atoms with Crippen LogP contribution in [-0.2, 0) is 10.3 Å². The molecule has 1 atom stereocenters. The van der Waals surface area contributed by atoms with Crippen molar-refractivity contribution < 1.29 is 17.3 Å². The van der Waals surface area contributed by atoms with E-state index >= 15 is 0 Å². The van der Waals surface area contributed by atoms with Crippen LogP contribution < -0.4 is 4.31 Å². The van der Waals surface area contributed by atoms with Crippen molar-refractivity contribution in [3.63, 3.8) is 0 Å². The Morgan fingerprint density at radius 3 is 2.36 bits per heavy atom. The maximum atomic E-state index is 11.0. The van der Waals surface area contributed by atoms with Crippen molar-refractivity contribution in [2.75, 3.05) is 6.54 Å². The van der Waals surface area contributed by atoms with Crippen molar-refractivity contribution in [1.29, 1.82) is 0 Å². The van der Waals surface area contributed by atoms with Gasteiger partial charge in [0.15, 0.2) is 0 Å². The predicted octanol–water partition coefficient (Wildman–Crippen LogP) is 0.192. The lowest BCUT2D eigenvalue weighted by molar-refractivity contribution is -0.688. The van der Waals surface area contributed by atoms with Gasteiger partial charge in [0, 0.05) is 12.1 Å². The summed E-state index contributed by atoms with van der Waals surface area (Å²) in [6.45, 7) is 3.57. The molecule has 4 nitrogen and oxygen atoms in total. The van der Waals surface area contributed by atoms with E-state index in [2.05, 4.69) is 6.58 Å². The molecular formula is C9H12NO3S+. The lowest BCUT2D eigenvalue weighted by Crippen LogP contribution is -3.09. The monoisotopic (exact) mass is 214 g/mol. The van der Waals surface area contributed by atoms with Gasteiger partial charge in [0.25, 0.3) is 0 Å². The summed E-state index contributed by atoms with van der Waals surface area (Å²) in [6, 6.07) is 8.46. The Balaban J connectivity index is 3.07. The zero-order valence-electron chi connectivity index (χ0n) is 7.55. The molecule has 5 heteroatoms. The Labute approximate surface area is 83.4 Å². The smallest absolute Gasteiger partial charge is 0.241 e. The van der Waals surface area contributed by atoms with Gasteiger partial charge in [-0.2, -0.15) is 4.31 Å². The van der Waals surface area contributed by atoms with Crippen molar-refractivity contribution in [3.8, 4) is 0 Å². The van der Waals surface area contributed by atoms with Crippen molar-refractivity contribution in [1.82, 2.24) is 0 Å². The third kappa shape index (κ3) is 2.66. The summed E-state index contributed by atoms with van der Waals surface area (Å²) in [7, 11) is -4.13. The molecule has 0 bridgehead atoms. The Bertz CT molecular complexity index is 399. The van der Waals surface area contributed by atoms with E-state index in [1.807, 2.05) is 0 Å². The topological polar surface area (TPSA) is 58.8 Å². The summed E-state index contributed by atoms with van der Waals surface area (Å²) in [5, 5.41) is 0. The highest BCUT2D eigenvalue weighted by Crippen LogP contribution is 1.99. The van der Waals surface area contributed by atoms with Crippen LogP contribution in [0, 0.1) is 0 Å². The first-order valence-corrected chi connectivity index (χ1v) is 5.49. The van der Waals surface area contributed by atoms with E-state index < -0.39 is 10.3 Å².